The van der Waals surface area contributed by atoms with Crippen LogP contribution in [0.2, 0.25) is 0 Å². The van der Waals surface area contributed by atoms with Crippen LogP contribution in [0.4, 0.5) is 10.1 Å². The van der Waals surface area contributed by atoms with Crippen molar-refractivity contribution in [2.75, 3.05) is 19.0 Å². The van der Waals surface area contributed by atoms with Crippen LogP contribution in [0.5, 0.6) is 0 Å². The number of rotatable bonds is 3. The third kappa shape index (κ3) is 2.43. The Bertz CT molecular complexity index is 640. The molecule has 3 N–H and O–H groups in total. The van der Waals surface area contributed by atoms with E-state index in [0.29, 0.717) is 15.7 Å². The number of nitrogens with one attached hydrogen (secondary N) is 1. The van der Waals surface area contributed by atoms with Gasteiger partial charge in [-0.25, -0.2) is 4.39 Å². The summed E-state index contributed by atoms with van der Waals surface area (Å²) < 4.78 is 13.9. The van der Waals surface area contributed by atoms with Crippen molar-refractivity contribution in [2.24, 2.45) is 5.73 Å². The lowest BCUT2D eigenvalue weighted by Gasteiger charge is -2.18. The third-order valence-corrected chi connectivity index (χ3v) is 3.16. The lowest BCUT2D eigenvalue weighted by molar-refractivity contribution is 0.0996. The van der Waals surface area contributed by atoms with Crippen LogP contribution >= 0.6 is 15.9 Å². The molecule has 100 valence electrons. The van der Waals surface area contributed by atoms with Crippen molar-refractivity contribution in [3.8, 4) is 11.3 Å². The van der Waals surface area contributed by atoms with E-state index in [0.717, 1.165) is 0 Å². The first-order valence-electron chi connectivity index (χ1n) is 5.29. The number of halogens is 2. The highest BCUT2D eigenvalue weighted by atomic mass is 79.9. The number of hydrogen-bond acceptors (Lipinski definition) is 4. The van der Waals surface area contributed by atoms with Gasteiger partial charge in [-0.3, -0.25) is 4.79 Å². The number of nitrogens with zero attached hydrogens (tertiary/aromatic N) is 3. The Labute approximate surface area is 116 Å². The Morgan fingerprint density at radius 3 is 2.68 bits per heavy atom. The lowest BCUT2D eigenvalue weighted by atomic mass is 10.1. The van der Waals surface area contributed by atoms with Gasteiger partial charge in [-0.2, -0.15) is 15.4 Å². The fraction of sp³-hybridized carbons (Fsp3) is 0.182. The number of hydrogen-bond donors (Lipinski definition) is 2. The minimum absolute atomic E-state index is 0.00964. The Kier molecular flexibility index (Phi) is 3.52. The smallest absolute Gasteiger partial charge is 0.271 e. The van der Waals surface area contributed by atoms with E-state index in [1.165, 1.54) is 12.1 Å². The topological polar surface area (TPSA) is 87.9 Å². The van der Waals surface area contributed by atoms with Gasteiger partial charge in [-0.1, -0.05) is 0 Å². The lowest BCUT2D eigenvalue weighted by Crippen LogP contribution is -2.15. The summed E-state index contributed by atoms with van der Waals surface area (Å²) >= 11 is 3.27. The molecule has 0 saturated heterocycles. The molecule has 8 heteroatoms. The van der Waals surface area contributed by atoms with Gasteiger partial charge in [0.2, 0.25) is 0 Å². The van der Waals surface area contributed by atoms with Gasteiger partial charge < -0.3 is 10.6 Å². The zero-order chi connectivity index (χ0) is 14.2. The average molecular weight is 328 g/mol. The SMILES string of the molecule is CN(C)c1cc(F)cc(Br)c1-c1n[nH]nc1C(N)=O. The van der Waals surface area contributed by atoms with Crippen LogP contribution in [0, 0.1) is 5.82 Å². The molecule has 19 heavy (non-hydrogen) atoms. The summed E-state index contributed by atoms with van der Waals surface area (Å²) in [7, 11) is 3.52. The van der Waals surface area contributed by atoms with Gasteiger partial charge >= 0.3 is 0 Å². The number of aromatic amines is 1. The standard InChI is InChI=1S/C11H11BrFN5O/c1-18(2)7-4-5(13)3-6(12)8(7)9-10(11(14)19)16-17-15-9/h3-4H,1-2H3,(H2,14,19)(H,15,16,17). The summed E-state index contributed by atoms with van der Waals surface area (Å²) in [4.78, 5) is 13.0. The van der Waals surface area contributed by atoms with E-state index in [9.17, 15) is 9.18 Å². The first-order chi connectivity index (χ1) is 8.91. The molecule has 0 spiro atoms. The van der Waals surface area contributed by atoms with Crippen LogP contribution in [-0.2, 0) is 0 Å². The van der Waals surface area contributed by atoms with E-state index in [1.54, 1.807) is 19.0 Å². The number of nitrogens with two attached hydrogens (primary N) is 1. The Hall–Kier alpha value is -1.96. The minimum atomic E-state index is -0.704. The van der Waals surface area contributed by atoms with Gasteiger partial charge in [0.05, 0.1) is 0 Å². The molecule has 0 saturated carbocycles. The number of amides is 1. The Balaban J connectivity index is 2.74. The van der Waals surface area contributed by atoms with Crippen molar-refractivity contribution < 1.29 is 9.18 Å². The highest BCUT2D eigenvalue weighted by Gasteiger charge is 2.22. The molecule has 0 radical (unpaired) electrons. The third-order valence-electron chi connectivity index (χ3n) is 2.53. The highest BCUT2D eigenvalue weighted by molar-refractivity contribution is 9.10. The molecule has 1 aromatic carbocycles. The molecule has 2 rings (SSSR count). The van der Waals surface area contributed by atoms with E-state index >= 15 is 0 Å². The van der Waals surface area contributed by atoms with Crippen molar-refractivity contribution in [1.29, 1.82) is 0 Å². The van der Waals surface area contributed by atoms with Gasteiger partial charge in [0, 0.05) is 29.8 Å². The molecule has 0 atom stereocenters. The maximum Gasteiger partial charge on any atom is 0.271 e. The molecule has 0 aliphatic rings. The molecule has 1 aromatic heterocycles. The molecule has 6 nitrogen and oxygen atoms in total. The molecular weight excluding hydrogens is 317 g/mol. The largest absolute Gasteiger partial charge is 0.377 e. The van der Waals surface area contributed by atoms with Gasteiger partial charge in [-0.15, -0.1) is 0 Å². The molecule has 2 aromatic rings. The number of carbonyl (C=O) groups excluding carboxylic acids is 1. The van der Waals surface area contributed by atoms with Gasteiger partial charge in [0.15, 0.2) is 5.69 Å². The molecule has 0 aliphatic carbocycles. The Morgan fingerprint density at radius 2 is 2.11 bits per heavy atom. The number of anilines is 1. The van der Waals surface area contributed by atoms with E-state index in [4.69, 9.17) is 5.73 Å². The normalized spacial score (nSPS) is 10.5. The van der Waals surface area contributed by atoms with Crippen molar-refractivity contribution in [2.45, 2.75) is 0 Å². The predicted molar refractivity (Wildman–Crippen MR) is 72.3 cm³/mol. The van der Waals surface area contributed by atoms with Gasteiger partial charge in [0.1, 0.15) is 11.5 Å². The first-order valence-corrected chi connectivity index (χ1v) is 6.08. The number of carbonyl (C=O) groups is 1. The molecule has 0 unspecified atom stereocenters. The van der Waals surface area contributed by atoms with Crippen molar-refractivity contribution in [3.63, 3.8) is 0 Å². The number of benzene rings is 1. The van der Waals surface area contributed by atoms with Gasteiger partial charge in [0.25, 0.3) is 5.91 Å². The van der Waals surface area contributed by atoms with Crippen LogP contribution in [0.1, 0.15) is 10.5 Å². The molecule has 0 aliphatic heterocycles. The molecule has 0 fully saturated rings. The first kappa shape index (κ1) is 13.5. The number of H-pyrrole nitrogens is 1. The van der Waals surface area contributed by atoms with Crippen LogP contribution < -0.4 is 10.6 Å². The fourth-order valence-corrected chi connectivity index (χ4v) is 2.33. The molecule has 1 heterocycles. The van der Waals surface area contributed by atoms with Crippen LogP contribution in [0.25, 0.3) is 11.3 Å². The van der Waals surface area contributed by atoms with Crippen LogP contribution in [0.15, 0.2) is 16.6 Å². The summed E-state index contributed by atoms with van der Waals surface area (Å²) in [5, 5.41) is 9.99. The number of primary amides is 1. The second-order valence-electron chi connectivity index (χ2n) is 4.06. The summed E-state index contributed by atoms with van der Waals surface area (Å²) in [5.41, 5.74) is 6.64. The summed E-state index contributed by atoms with van der Waals surface area (Å²) in [6, 6.07) is 2.64. The molecule has 1 amide bonds. The molecule has 0 bridgehead atoms. The maximum atomic E-state index is 13.5. The van der Waals surface area contributed by atoms with E-state index in [-0.39, 0.29) is 11.4 Å². The molecular formula is C11H11BrFN5O. The van der Waals surface area contributed by atoms with Crippen molar-refractivity contribution in [1.82, 2.24) is 15.4 Å². The minimum Gasteiger partial charge on any atom is -0.377 e. The predicted octanol–water partition coefficient (Wildman–Crippen LogP) is 1.54. The second kappa shape index (κ2) is 4.96. The Morgan fingerprint density at radius 1 is 1.42 bits per heavy atom. The highest BCUT2D eigenvalue weighted by Crippen LogP contribution is 2.37. The second-order valence-corrected chi connectivity index (χ2v) is 4.92. The summed E-state index contributed by atoms with van der Waals surface area (Å²) in [6.45, 7) is 0. The van der Waals surface area contributed by atoms with Crippen molar-refractivity contribution >= 4 is 27.5 Å². The quantitative estimate of drug-likeness (QED) is 0.895. The summed E-state index contributed by atoms with van der Waals surface area (Å²) in [5.74, 6) is -1.10. The fourth-order valence-electron chi connectivity index (χ4n) is 1.72. The van der Waals surface area contributed by atoms with Gasteiger partial charge in [-0.05, 0) is 28.1 Å². The van der Waals surface area contributed by atoms with E-state index in [1.807, 2.05) is 0 Å². The zero-order valence-electron chi connectivity index (χ0n) is 10.2. The summed E-state index contributed by atoms with van der Waals surface area (Å²) in [6.07, 6.45) is 0. The monoisotopic (exact) mass is 327 g/mol. The number of aromatic nitrogens is 3. The average Bonchev–Trinajstić information content (AvgIpc) is 2.76. The van der Waals surface area contributed by atoms with Crippen LogP contribution in [0.3, 0.4) is 0 Å². The van der Waals surface area contributed by atoms with E-state index in [2.05, 4.69) is 31.3 Å². The van der Waals surface area contributed by atoms with Crippen LogP contribution in [-0.4, -0.2) is 35.4 Å². The zero-order valence-corrected chi connectivity index (χ0v) is 11.8. The van der Waals surface area contributed by atoms with Crippen molar-refractivity contribution in [3.05, 3.63) is 28.1 Å². The van der Waals surface area contributed by atoms with E-state index < -0.39 is 11.7 Å². The maximum absolute atomic E-state index is 13.5.